The Morgan fingerprint density at radius 2 is 2.04 bits per heavy atom. The molecule has 1 N–H and O–H groups in total. The largest absolute Gasteiger partial charge is 0.481 e. The van der Waals surface area contributed by atoms with Gasteiger partial charge in [0.2, 0.25) is 5.88 Å². The number of aromatic nitrogens is 1. The smallest absolute Gasteiger partial charge is 0.410 e. The van der Waals surface area contributed by atoms with Crippen LogP contribution in [0.2, 0.25) is 0 Å². The molecule has 1 rings (SSSR count). The number of carbonyl (C=O) groups is 1. The molecule has 0 aliphatic rings. The van der Waals surface area contributed by atoms with Crippen LogP contribution >= 0.6 is 0 Å². The fourth-order valence-electron chi connectivity index (χ4n) is 1.99. The molecular formula is C17H29N3O3. The molecule has 0 radical (unpaired) electrons. The molecule has 0 bridgehead atoms. The SMILES string of the molecule is CCCN(CCNCc1cccc(OC)n1)C(=O)OC(C)(C)C. The summed E-state index contributed by atoms with van der Waals surface area (Å²) in [6.45, 7) is 10.3. The minimum atomic E-state index is -0.471. The molecular weight excluding hydrogens is 294 g/mol. The van der Waals surface area contributed by atoms with Crippen LogP contribution in [0.3, 0.4) is 0 Å². The van der Waals surface area contributed by atoms with Gasteiger partial charge in [0.1, 0.15) is 5.60 Å². The van der Waals surface area contributed by atoms with Gasteiger partial charge in [0.15, 0.2) is 0 Å². The van der Waals surface area contributed by atoms with Crippen LogP contribution in [0.15, 0.2) is 18.2 Å². The zero-order valence-electron chi connectivity index (χ0n) is 14.9. The van der Waals surface area contributed by atoms with E-state index in [0.717, 1.165) is 12.1 Å². The molecule has 1 aromatic rings. The Balaban J connectivity index is 2.41. The summed E-state index contributed by atoms with van der Waals surface area (Å²) in [5.41, 5.74) is 0.435. The Hall–Kier alpha value is -1.82. The summed E-state index contributed by atoms with van der Waals surface area (Å²) >= 11 is 0. The molecule has 130 valence electrons. The van der Waals surface area contributed by atoms with Crippen molar-refractivity contribution in [1.29, 1.82) is 0 Å². The summed E-state index contributed by atoms with van der Waals surface area (Å²) < 4.78 is 10.5. The molecule has 23 heavy (non-hydrogen) atoms. The van der Waals surface area contributed by atoms with E-state index in [9.17, 15) is 4.79 Å². The highest BCUT2D eigenvalue weighted by Gasteiger charge is 2.21. The summed E-state index contributed by atoms with van der Waals surface area (Å²) in [6, 6.07) is 5.66. The average molecular weight is 323 g/mol. The molecule has 0 atom stereocenters. The molecule has 0 spiro atoms. The standard InChI is InChI=1S/C17H29N3O3/c1-6-11-20(16(21)23-17(2,3)4)12-10-18-13-14-8-7-9-15(19-14)22-5/h7-9,18H,6,10-13H2,1-5H3. The van der Waals surface area contributed by atoms with E-state index in [4.69, 9.17) is 9.47 Å². The first-order chi connectivity index (χ1) is 10.9. The van der Waals surface area contributed by atoms with Gasteiger partial charge in [0.05, 0.1) is 12.8 Å². The van der Waals surface area contributed by atoms with E-state index < -0.39 is 5.60 Å². The van der Waals surface area contributed by atoms with Crippen LogP contribution in [-0.4, -0.2) is 48.3 Å². The number of pyridine rings is 1. The molecule has 6 nitrogen and oxygen atoms in total. The van der Waals surface area contributed by atoms with Gasteiger partial charge in [-0.1, -0.05) is 13.0 Å². The van der Waals surface area contributed by atoms with Crippen LogP contribution in [0.25, 0.3) is 0 Å². The van der Waals surface area contributed by atoms with Crippen molar-refractivity contribution in [1.82, 2.24) is 15.2 Å². The van der Waals surface area contributed by atoms with Gasteiger partial charge in [-0.05, 0) is 33.3 Å². The van der Waals surface area contributed by atoms with Crippen molar-refractivity contribution in [2.45, 2.75) is 46.3 Å². The average Bonchev–Trinajstić information content (AvgIpc) is 2.48. The molecule has 0 unspecified atom stereocenters. The van der Waals surface area contributed by atoms with Crippen molar-refractivity contribution < 1.29 is 14.3 Å². The first-order valence-electron chi connectivity index (χ1n) is 8.04. The minimum Gasteiger partial charge on any atom is -0.481 e. The maximum atomic E-state index is 12.1. The normalized spacial score (nSPS) is 11.2. The number of amides is 1. The van der Waals surface area contributed by atoms with Gasteiger partial charge in [-0.2, -0.15) is 0 Å². The van der Waals surface area contributed by atoms with Crippen molar-refractivity contribution in [3.05, 3.63) is 23.9 Å². The summed E-state index contributed by atoms with van der Waals surface area (Å²) in [7, 11) is 1.60. The maximum Gasteiger partial charge on any atom is 0.410 e. The maximum absolute atomic E-state index is 12.1. The summed E-state index contributed by atoms with van der Waals surface area (Å²) in [6.07, 6.45) is 0.636. The van der Waals surface area contributed by atoms with E-state index in [0.29, 0.717) is 32.1 Å². The zero-order valence-corrected chi connectivity index (χ0v) is 14.9. The molecule has 0 saturated carbocycles. The third-order valence-electron chi connectivity index (χ3n) is 3.00. The minimum absolute atomic E-state index is 0.263. The third-order valence-corrected chi connectivity index (χ3v) is 3.00. The van der Waals surface area contributed by atoms with Gasteiger partial charge >= 0.3 is 6.09 Å². The van der Waals surface area contributed by atoms with E-state index in [-0.39, 0.29) is 6.09 Å². The lowest BCUT2D eigenvalue weighted by atomic mass is 10.2. The quantitative estimate of drug-likeness (QED) is 0.745. The molecule has 0 saturated heterocycles. The lowest BCUT2D eigenvalue weighted by Gasteiger charge is -2.27. The Kier molecular flexibility index (Phi) is 7.81. The van der Waals surface area contributed by atoms with Crippen LogP contribution in [0.1, 0.15) is 39.8 Å². The predicted molar refractivity (Wildman–Crippen MR) is 90.6 cm³/mol. The van der Waals surface area contributed by atoms with E-state index in [1.165, 1.54) is 0 Å². The summed E-state index contributed by atoms with van der Waals surface area (Å²) in [5, 5.41) is 3.29. The topological polar surface area (TPSA) is 63.7 Å². The zero-order chi connectivity index (χ0) is 17.3. The van der Waals surface area contributed by atoms with E-state index >= 15 is 0 Å². The number of ether oxygens (including phenoxy) is 2. The lowest BCUT2D eigenvalue weighted by Crippen LogP contribution is -2.40. The number of rotatable bonds is 8. The van der Waals surface area contributed by atoms with E-state index in [1.807, 2.05) is 45.9 Å². The van der Waals surface area contributed by atoms with Crippen LogP contribution in [0.4, 0.5) is 4.79 Å². The number of carbonyl (C=O) groups excluding carboxylic acids is 1. The Labute approximate surface area is 139 Å². The Morgan fingerprint density at radius 1 is 1.30 bits per heavy atom. The van der Waals surface area contributed by atoms with Crippen molar-refractivity contribution in [2.24, 2.45) is 0 Å². The second-order valence-corrected chi connectivity index (χ2v) is 6.32. The van der Waals surface area contributed by atoms with Crippen molar-refractivity contribution in [3.63, 3.8) is 0 Å². The number of nitrogens with one attached hydrogen (secondary N) is 1. The molecule has 0 aliphatic heterocycles. The van der Waals surface area contributed by atoms with Gasteiger partial charge in [-0.15, -0.1) is 0 Å². The fraction of sp³-hybridized carbons (Fsp3) is 0.647. The highest BCUT2D eigenvalue weighted by atomic mass is 16.6. The number of hydrogen-bond donors (Lipinski definition) is 1. The van der Waals surface area contributed by atoms with Gasteiger partial charge in [0, 0.05) is 32.2 Å². The van der Waals surface area contributed by atoms with E-state index in [1.54, 1.807) is 12.0 Å². The predicted octanol–water partition coefficient (Wildman–Crippen LogP) is 2.83. The summed E-state index contributed by atoms with van der Waals surface area (Å²) in [4.78, 5) is 18.2. The van der Waals surface area contributed by atoms with Crippen molar-refractivity contribution in [2.75, 3.05) is 26.7 Å². The molecule has 6 heteroatoms. The second-order valence-electron chi connectivity index (χ2n) is 6.32. The van der Waals surface area contributed by atoms with Crippen molar-refractivity contribution >= 4 is 6.09 Å². The van der Waals surface area contributed by atoms with E-state index in [2.05, 4.69) is 10.3 Å². The fourth-order valence-corrected chi connectivity index (χ4v) is 1.99. The lowest BCUT2D eigenvalue weighted by molar-refractivity contribution is 0.0252. The van der Waals surface area contributed by atoms with Crippen LogP contribution in [0, 0.1) is 0 Å². The first kappa shape index (κ1) is 19.2. The van der Waals surface area contributed by atoms with Crippen LogP contribution < -0.4 is 10.1 Å². The van der Waals surface area contributed by atoms with Gasteiger partial charge in [0.25, 0.3) is 0 Å². The molecule has 0 fully saturated rings. The molecule has 0 aliphatic carbocycles. The first-order valence-corrected chi connectivity index (χ1v) is 8.04. The highest BCUT2D eigenvalue weighted by Crippen LogP contribution is 2.10. The Morgan fingerprint density at radius 3 is 2.65 bits per heavy atom. The third kappa shape index (κ3) is 7.83. The molecule has 1 aromatic heterocycles. The second kappa shape index (κ2) is 9.35. The number of hydrogen-bond acceptors (Lipinski definition) is 5. The molecule has 0 aromatic carbocycles. The molecule has 1 amide bonds. The highest BCUT2D eigenvalue weighted by molar-refractivity contribution is 5.68. The van der Waals surface area contributed by atoms with Gasteiger partial charge in [-0.3, -0.25) is 0 Å². The van der Waals surface area contributed by atoms with Crippen molar-refractivity contribution in [3.8, 4) is 5.88 Å². The van der Waals surface area contributed by atoms with Gasteiger partial charge < -0.3 is 19.7 Å². The van der Waals surface area contributed by atoms with Gasteiger partial charge in [-0.25, -0.2) is 9.78 Å². The monoisotopic (exact) mass is 323 g/mol. The molecule has 1 heterocycles. The van der Waals surface area contributed by atoms with Crippen LogP contribution in [-0.2, 0) is 11.3 Å². The van der Waals surface area contributed by atoms with Crippen LogP contribution in [0.5, 0.6) is 5.88 Å². The summed E-state index contributed by atoms with van der Waals surface area (Å²) in [5.74, 6) is 0.602. The Bertz CT molecular complexity index is 486. The number of methoxy groups -OCH3 is 1. The number of nitrogens with zero attached hydrogens (tertiary/aromatic N) is 2.